The largest absolute Gasteiger partial charge is 0.469 e. The molecule has 0 aliphatic carbocycles. The molecule has 1 heterocycles. The number of hydrogen-bond donors (Lipinski definition) is 1. The molecule has 2 amide bonds. The number of esters is 1. The molecule has 3 atom stereocenters. The van der Waals surface area contributed by atoms with Crippen molar-refractivity contribution in [3.05, 3.63) is 0 Å². The summed E-state index contributed by atoms with van der Waals surface area (Å²) in [4.78, 5) is 35.5. The van der Waals surface area contributed by atoms with Gasteiger partial charge in [0.15, 0.2) is 6.04 Å². The highest BCUT2D eigenvalue weighted by Gasteiger charge is 2.51. The lowest BCUT2D eigenvalue weighted by Gasteiger charge is -2.41. The highest BCUT2D eigenvalue weighted by molar-refractivity contribution is 5.90. The average Bonchev–Trinajstić information content (AvgIpc) is 2.43. The van der Waals surface area contributed by atoms with Crippen LogP contribution >= 0.6 is 0 Å². The maximum Gasteiger partial charge on any atom is 0.411 e. The van der Waals surface area contributed by atoms with Gasteiger partial charge in [0.05, 0.1) is 26.2 Å². The molecule has 1 fully saturated rings. The molecular weight excluding hydrogens is 321 g/mol. The van der Waals surface area contributed by atoms with Crippen molar-refractivity contribution in [1.82, 2.24) is 10.2 Å². The van der Waals surface area contributed by atoms with Gasteiger partial charge in [-0.1, -0.05) is 0 Å². The van der Waals surface area contributed by atoms with Gasteiger partial charge in [-0.25, -0.2) is 0 Å². The monoisotopic (exact) mass is 340 g/mol. The summed E-state index contributed by atoms with van der Waals surface area (Å²) in [5.41, 5.74) is 0. The summed E-state index contributed by atoms with van der Waals surface area (Å²) in [6.45, 7) is 1.96. The number of hydrogen-bond acceptors (Lipinski definition) is 5. The van der Waals surface area contributed by atoms with E-state index in [2.05, 4.69) is 10.1 Å². The second kappa shape index (κ2) is 7.62. The standard InChI is InChI=1S/C13H19F3N2O5/c1-7-11(13(14,15)16)18(4-5-23-7)12(21)9(17-8(2)19)6-10(20)22-3/h7,9,11H,4-6H2,1-3H3,(H,17,19)/t7-,9?,11-/m0/s1. The van der Waals surface area contributed by atoms with Crippen LogP contribution in [0, 0.1) is 0 Å². The van der Waals surface area contributed by atoms with Crippen LogP contribution in [0.3, 0.4) is 0 Å². The lowest BCUT2D eigenvalue weighted by molar-refractivity contribution is -0.230. The summed E-state index contributed by atoms with van der Waals surface area (Å²) in [5.74, 6) is -2.46. The quantitative estimate of drug-likeness (QED) is 0.741. The third kappa shape index (κ3) is 5.08. The van der Waals surface area contributed by atoms with Crippen LogP contribution in [-0.4, -0.2) is 67.3 Å². The number of methoxy groups -OCH3 is 1. The molecule has 1 rings (SSSR count). The lowest BCUT2D eigenvalue weighted by atomic mass is 10.0. The van der Waals surface area contributed by atoms with E-state index in [1.165, 1.54) is 6.92 Å². The first-order valence-electron chi connectivity index (χ1n) is 6.90. The summed E-state index contributed by atoms with van der Waals surface area (Å²) < 4.78 is 49.0. The van der Waals surface area contributed by atoms with Gasteiger partial charge in [-0.3, -0.25) is 14.4 Å². The van der Waals surface area contributed by atoms with Gasteiger partial charge in [-0.15, -0.1) is 0 Å². The van der Waals surface area contributed by atoms with Crippen LogP contribution < -0.4 is 5.32 Å². The Kier molecular flexibility index (Phi) is 6.37. The van der Waals surface area contributed by atoms with Gasteiger partial charge in [0.2, 0.25) is 11.8 Å². The minimum atomic E-state index is -4.69. The molecule has 1 aliphatic heterocycles. The third-order valence-corrected chi connectivity index (χ3v) is 3.39. The van der Waals surface area contributed by atoms with E-state index in [1.54, 1.807) is 0 Å². The molecule has 0 spiro atoms. The van der Waals surface area contributed by atoms with Crippen molar-refractivity contribution in [2.75, 3.05) is 20.3 Å². The van der Waals surface area contributed by atoms with Crippen LogP contribution in [0.5, 0.6) is 0 Å². The van der Waals surface area contributed by atoms with Crippen molar-refractivity contribution in [1.29, 1.82) is 0 Å². The number of amides is 2. The molecule has 132 valence electrons. The Hall–Kier alpha value is -1.84. The fraction of sp³-hybridized carbons (Fsp3) is 0.769. The van der Waals surface area contributed by atoms with Gasteiger partial charge in [-0.2, -0.15) is 13.2 Å². The van der Waals surface area contributed by atoms with Gasteiger partial charge in [-0.05, 0) is 6.92 Å². The summed E-state index contributed by atoms with van der Waals surface area (Å²) in [6.07, 6.45) is -6.49. The molecule has 0 saturated carbocycles. The lowest BCUT2D eigenvalue weighted by Crippen LogP contribution is -2.63. The van der Waals surface area contributed by atoms with Crippen molar-refractivity contribution in [3.63, 3.8) is 0 Å². The summed E-state index contributed by atoms with van der Waals surface area (Å²) in [7, 11) is 1.08. The van der Waals surface area contributed by atoms with Crippen molar-refractivity contribution >= 4 is 17.8 Å². The molecule has 1 aliphatic rings. The zero-order chi connectivity index (χ0) is 17.8. The number of alkyl halides is 3. The Morgan fingerprint density at radius 3 is 2.48 bits per heavy atom. The van der Waals surface area contributed by atoms with Crippen LogP contribution in [0.2, 0.25) is 0 Å². The summed E-state index contributed by atoms with van der Waals surface area (Å²) in [5, 5.41) is 2.19. The topological polar surface area (TPSA) is 84.9 Å². The maximum atomic E-state index is 13.2. The molecule has 1 saturated heterocycles. The van der Waals surface area contributed by atoms with Gasteiger partial charge in [0.1, 0.15) is 6.04 Å². The van der Waals surface area contributed by atoms with E-state index in [0.29, 0.717) is 4.90 Å². The molecule has 0 aromatic heterocycles. The fourth-order valence-corrected chi connectivity index (χ4v) is 2.41. The summed E-state index contributed by atoms with van der Waals surface area (Å²) in [6, 6.07) is -3.56. The molecule has 1 unspecified atom stereocenters. The van der Waals surface area contributed by atoms with E-state index in [0.717, 1.165) is 14.0 Å². The molecule has 0 aromatic carbocycles. The Labute approximate surface area is 131 Å². The van der Waals surface area contributed by atoms with Crippen molar-refractivity contribution in [2.24, 2.45) is 0 Å². The number of ether oxygens (including phenoxy) is 2. The van der Waals surface area contributed by atoms with Crippen LogP contribution in [0.25, 0.3) is 0 Å². The van der Waals surface area contributed by atoms with Crippen LogP contribution in [0.4, 0.5) is 13.2 Å². The number of carbonyl (C=O) groups is 3. The Morgan fingerprint density at radius 2 is 2.00 bits per heavy atom. The van der Waals surface area contributed by atoms with Gasteiger partial charge in [0, 0.05) is 13.5 Å². The van der Waals surface area contributed by atoms with Gasteiger partial charge >= 0.3 is 12.1 Å². The zero-order valence-electron chi connectivity index (χ0n) is 13.0. The minimum Gasteiger partial charge on any atom is -0.469 e. The van der Waals surface area contributed by atoms with Gasteiger partial charge < -0.3 is 19.7 Å². The molecule has 10 heteroatoms. The minimum absolute atomic E-state index is 0.0650. The van der Waals surface area contributed by atoms with E-state index >= 15 is 0 Å². The molecule has 0 aromatic rings. The normalized spacial score (nSPS) is 23.1. The number of nitrogens with zero attached hydrogens (tertiary/aromatic N) is 1. The third-order valence-electron chi connectivity index (χ3n) is 3.39. The Morgan fingerprint density at radius 1 is 1.39 bits per heavy atom. The van der Waals surface area contributed by atoms with E-state index in [4.69, 9.17) is 4.74 Å². The Balaban J connectivity index is 3.03. The smallest absolute Gasteiger partial charge is 0.411 e. The number of halogens is 3. The van der Waals surface area contributed by atoms with Crippen LogP contribution in [-0.2, 0) is 23.9 Å². The summed E-state index contributed by atoms with van der Waals surface area (Å²) >= 11 is 0. The van der Waals surface area contributed by atoms with Crippen molar-refractivity contribution in [3.8, 4) is 0 Å². The number of morpholine rings is 1. The second-order valence-electron chi connectivity index (χ2n) is 5.13. The van der Waals surface area contributed by atoms with Crippen LogP contribution in [0.1, 0.15) is 20.3 Å². The molecule has 7 nitrogen and oxygen atoms in total. The first kappa shape index (κ1) is 19.2. The van der Waals surface area contributed by atoms with Crippen LogP contribution in [0.15, 0.2) is 0 Å². The van der Waals surface area contributed by atoms with E-state index in [-0.39, 0.29) is 13.2 Å². The Bertz CT molecular complexity index is 469. The van der Waals surface area contributed by atoms with E-state index in [9.17, 15) is 27.6 Å². The molecule has 0 bridgehead atoms. The predicted octanol–water partition coefficient (Wildman–Crippen LogP) is 0.232. The molecule has 23 heavy (non-hydrogen) atoms. The molecule has 1 N–H and O–H groups in total. The van der Waals surface area contributed by atoms with Gasteiger partial charge in [0.25, 0.3) is 0 Å². The van der Waals surface area contributed by atoms with E-state index < -0.39 is 48.6 Å². The average molecular weight is 340 g/mol. The first-order chi connectivity index (χ1) is 10.6. The predicted molar refractivity (Wildman–Crippen MR) is 71.2 cm³/mol. The van der Waals surface area contributed by atoms with Crippen molar-refractivity contribution in [2.45, 2.75) is 44.6 Å². The number of nitrogens with one attached hydrogen (secondary N) is 1. The highest BCUT2D eigenvalue weighted by Crippen LogP contribution is 2.31. The maximum absolute atomic E-state index is 13.2. The number of carbonyl (C=O) groups excluding carboxylic acids is 3. The highest BCUT2D eigenvalue weighted by atomic mass is 19.4. The van der Waals surface area contributed by atoms with E-state index in [1.807, 2.05) is 0 Å². The SMILES string of the molecule is COC(=O)CC(NC(C)=O)C(=O)N1CCO[C@@H](C)[C@H]1C(F)(F)F. The molecule has 0 radical (unpaired) electrons. The number of rotatable bonds is 4. The zero-order valence-corrected chi connectivity index (χ0v) is 13.0. The first-order valence-corrected chi connectivity index (χ1v) is 6.90. The van der Waals surface area contributed by atoms with Crippen molar-refractivity contribution < 1.29 is 37.0 Å². The fourth-order valence-electron chi connectivity index (χ4n) is 2.41. The second-order valence-corrected chi connectivity index (χ2v) is 5.13. The molecular formula is C13H19F3N2O5.